The van der Waals surface area contributed by atoms with Gasteiger partial charge in [0.05, 0.1) is 23.9 Å². The van der Waals surface area contributed by atoms with Crippen molar-refractivity contribution in [2.45, 2.75) is 25.3 Å². The number of amides is 1. The summed E-state index contributed by atoms with van der Waals surface area (Å²) in [5, 5.41) is 7.29. The average molecular weight is 425 g/mol. The molecule has 7 heteroatoms. The Morgan fingerprint density at radius 3 is 2.69 bits per heavy atom. The summed E-state index contributed by atoms with van der Waals surface area (Å²) in [4.78, 5) is 26.6. The first kappa shape index (κ1) is 19.9. The maximum Gasteiger partial charge on any atom is 0.253 e. The van der Waals surface area contributed by atoms with Crippen LogP contribution in [-0.4, -0.2) is 34.0 Å². The maximum atomic E-state index is 12.9. The highest BCUT2D eigenvalue weighted by Crippen LogP contribution is 2.31. The summed E-state index contributed by atoms with van der Waals surface area (Å²) >= 11 is 0. The number of benzene rings is 2. The van der Waals surface area contributed by atoms with Crippen LogP contribution in [0, 0.1) is 0 Å². The summed E-state index contributed by atoms with van der Waals surface area (Å²) in [5.74, 6) is 1.77. The number of methoxy groups -OCH3 is 1. The minimum Gasteiger partial charge on any atom is -0.497 e. The Kier molecular flexibility index (Phi) is 5.37. The van der Waals surface area contributed by atoms with Gasteiger partial charge in [-0.15, -0.1) is 0 Å². The van der Waals surface area contributed by atoms with Crippen LogP contribution in [-0.2, 0) is 0 Å². The molecule has 0 radical (unpaired) electrons. The molecule has 160 valence electrons. The second-order valence-corrected chi connectivity index (χ2v) is 7.79. The molecule has 5 rings (SSSR count). The van der Waals surface area contributed by atoms with Gasteiger partial charge in [0.25, 0.3) is 5.91 Å². The standard InChI is InChI=1S/C25H23N5O2/c1-32-18-11-12-22-20(14-18)24(30-23(28-22)16-6-5-13-26-15-16)29-21-10-3-2-9-19(21)25(31)27-17-7-4-8-17/h2-3,5-6,9-15,17H,4,7-8H2,1H3,(H,27,31)(H,28,29,30). The second kappa shape index (κ2) is 8.63. The van der Waals surface area contributed by atoms with E-state index in [-0.39, 0.29) is 11.9 Å². The first-order chi connectivity index (χ1) is 15.7. The number of anilines is 2. The molecule has 2 aromatic carbocycles. The molecule has 0 atom stereocenters. The number of nitrogens with one attached hydrogen (secondary N) is 2. The molecule has 1 aliphatic rings. The highest BCUT2D eigenvalue weighted by atomic mass is 16.5. The molecule has 7 nitrogen and oxygen atoms in total. The number of hydrogen-bond donors (Lipinski definition) is 2. The Morgan fingerprint density at radius 1 is 1.06 bits per heavy atom. The Hall–Kier alpha value is -4.00. The maximum absolute atomic E-state index is 12.9. The van der Waals surface area contributed by atoms with Crippen molar-refractivity contribution in [1.29, 1.82) is 0 Å². The van der Waals surface area contributed by atoms with Crippen molar-refractivity contribution in [3.8, 4) is 17.1 Å². The molecule has 1 aliphatic carbocycles. The van der Waals surface area contributed by atoms with Crippen molar-refractivity contribution in [2.75, 3.05) is 12.4 Å². The molecule has 1 amide bonds. The highest BCUT2D eigenvalue weighted by Gasteiger charge is 2.22. The summed E-state index contributed by atoms with van der Waals surface area (Å²) < 4.78 is 5.41. The van der Waals surface area contributed by atoms with E-state index in [1.54, 1.807) is 19.5 Å². The van der Waals surface area contributed by atoms with Gasteiger partial charge < -0.3 is 15.4 Å². The van der Waals surface area contributed by atoms with Gasteiger partial charge in [0.15, 0.2) is 5.82 Å². The van der Waals surface area contributed by atoms with E-state index in [2.05, 4.69) is 15.6 Å². The molecule has 0 bridgehead atoms. The third-order valence-electron chi connectivity index (χ3n) is 5.69. The van der Waals surface area contributed by atoms with Gasteiger partial charge in [-0.25, -0.2) is 9.97 Å². The Morgan fingerprint density at radius 2 is 1.94 bits per heavy atom. The Labute approximate surface area is 185 Å². The number of rotatable bonds is 6. The first-order valence-corrected chi connectivity index (χ1v) is 10.6. The van der Waals surface area contributed by atoms with E-state index in [1.165, 1.54) is 0 Å². The number of hydrogen-bond acceptors (Lipinski definition) is 6. The third-order valence-corrected chi connectivity index (χ3v) is 5.69. The van der Waals surface area contributed by atoms with Crippen molar-refractivity contribution >= 4 is 28.3 Å². The highest BCUT2D eigenvalue weighted by molar-refractivity contribution is 6.02. The fraction of sp³-hybridized carbons (Fsp3) is 0.200. The molecule has 4 aromatic rings. The molecular formula is C25H23N5O2. The molecule has 0 unspecified atom stereocenters. The number of fused-ring (bicyclic) bond motifs is 1. The number of pyridine rings is 1. The second-order valence-electron chi connectivity index (χ2n) is 7.79. The van der Waals surface area contributed by atoms with E-state index in [0.717, 1.165) is 35.7 Å². The lowest BCUT2D eigenvalue weighted by Gasteiger charge is -2.26. The average Bonchev–Trinajstić information content (AvgIpc) is 2.82. The smallest absolute Gasteiger partial charge is 0.253 e. The number of aromatic nitrogens is 3. The van der Waals surface area contributed by atoms with E-state index >= 15 is 0 Å². The van der Waals surface area contributed by atoms with Gasteiger partial charge in [-0.2, -0.15) is 0 Å². The van der Waals surface area contributed by atoms with Crippen LogP contribution in [0.3, 0.4) is 0 Å². The van der Waals surface area contributed by atoms with E-state index in [9.17, 15) is 4.79 Å². The molecule has 1 saturated carbocycles. The molecule has 0 saturated heterocycles. The summed E-state index contributed by atoms with van der Waals surface area (Å²) in [6.45, 7) is 0. The van der Waals surface area contributed by atoms with E-state index in [4.69, 9.17) is 14.7 Å². The van der Waals surface area contributed by atoms with E-state index in [1.807, 2.05) is 54.6 Å². The van der Waals surface area contributed by atoms with E-state index in [0.29, 0.717) is 28.6 Å². The molecular weight excluding hydrogens is 402 g/mol. The topological polar surface area (TPSA) is 89.0 Å². The van der Waals surface area contributed by atoms with Crippen molar-refractivity contribution in [1.82, 2.24) is 20.3 Å². The molecule has 0 spiro atoms. The van der Waals surface area contributed by atoms with Gasteiger partial charge in [0.1, 0.15) is 11.6 Å². The zero-order valence-electron chi connectivity index (χ0n) is 17.7. The van der Waals surface area contributed by atoms with Crippen LogP contribution in [0.25, 0.3) is 22.3 Å². The molecule has 1 fully saturated rings. The predicted molar refractivity (Wildman–Crippen MR) is 124 cm³/mol. The molecule has 2 aromatic heterocycles. The molecule has 32 heavy (non-hydrogen) atoms. The first-order valence-electron chi connectivity index (χ1n) is 10.6. The quantitative estimate of drug-likeness (QED) is 0.464. The van der Waals surface area contributed by atoms with Gasteiger partial charge in [0.2, 0.25) is 0 Å². The molecule has 2 N–H and O–H groups in total. The van der Waals surface area contributed by atoms with Crippen LogP contribution < -0.4 is 15.4 Å². The van der Waals surface area contributed by atoms with Gasteiger partial charge in [0, 0.05) is 29.4 Å². The van der Waals surface area contributed by atoms with Crippen molar-refractivity contribution in [3.05, 3.63) is 72.6 Å². The van der Waals surface area contributed by atoms with Gasteiger partial charge in [-0.3, -0.25) is 9.78 Å². The van der Waals surface area contributed by atoms with Crippen molar-refractivity contribution in [3.63, 3.8) is 0 Å². The molecule has 2 heterocycles. The van der Waals surface area contributed by atoms with Crippen LogP contribution in [0.5, 0.6) is 5.75 Å². The minimum absolute atomic E-state index is 0.0822. The summed E-state index contributed by atoms with van der Waals surface area (Å²) in [6, 6.07) is 17.2. The van der Waals surface area contributed by atoms with Crippen molar-refractivity contribution < 1.29 is 9.53 Å². The zero-order chi connectivity index (χ0) is 21.9. The van der Waals surface area contributed by atoms with Crippen LogP contribution in [0.1, 0.15) is 29.6 Å². The number of para-hydroxylation sites is 1. The van der Waals surface area contributed by atoms with Gasteiger partial charge in [-0.05, 0) is 61.7 Å². The zero-order valence-corrected chi connectivity index (χ0v) is 17.7. The lowest BCUT2D eigenvalue weighted by atomic mass is 9.93. The van der Waals surface area contributed by atoms with Gasteiger partial charge in [-0.1, -0.05) is 12.1 Å². The van der Waals surface area contributed by atoms with Crippen LogP contribution in [0.4, 0.5) is 11.5 Å². The number of ether oxygens (including phenoxy) is 1. The number of carbonyl (C=O) groups is 1. The Bertz CT molecular complexity index is 1270. The third kappa shape index (κ3) is 3.97. The SMILES string of the molecule is COc1ccc2nc(-c3cccnc3)nc(Nc3ccccc3C(=O)NC3CCC3)c2c1. The van der Waals surface area contributed by atoms with Gasteiger partial charge >= 0.3 is 0 Å². The van der Waals surface area contributed by atoms with Crippen LogP contribution >= 0.6 is 0 Å². The minimum atomic E-state index is -0.0822. The largest absolute Gasteiger partial charge is 0.497 e. The summed E-state index contributed by atoms with van der Waals surface area (Å²) in [6.07, 6.45) is 6.68. The van der Waals surface area contributed by atoms with Crippen molar-refractivity contribution in [2.24, 2.45) is 0 Å². The van der Waals surface area contributed by atoms with E-state index < -0.39 is 0 Å². The summed E-state index contributed by atoms with van der Waals surface area (Å²) in [5.41, 5.74) is 2.84. The fourth-order valence-electron chi connectivity index (χ4n) is 3.69. The van der Waals surface area contributed by atoms with Crippen LogP contribution in [0.2, 0.25) is 0 Å². The number of carbonyl (C=O) groups excluding carboxylic acids is 1. The monoisotopic (exact) mass is 425 g/mol. The number of nitrogens with zero attached hydrogens (tertiary/aromatic N) is 3. The normalized spacial score (nSPS) is 13.4. The Balaban J connectivity index is 1.58. The molecule has 0 aliphatic heterocycles. The fourth-order valence-corrected chi connectivity index (χ4v) is 3.69. The lowest BCUT2D eigenvalue weighted by molar-refractivity contribution is 0.0918. The predicted octanol–water partition coefficient (Wildman–Crippen LogP) is 4.73. The summed E-state index contributed by atoms with van der Waals surface area (Å²) in [7, 11) is 1.62. The lowest BCUT2D eigenvalue weighted by Crippen LogP contribution is -2.39. The van der Waals surface area contributed by atoms with Crippen LogP contribution in [0.15, 0.2) is 67.0 Å².